The number of primary sulfonamides is 1. The van der Waals surface area contributed by atoms with Crippen LogP contribution >= 0.6 is 27.3 Å². The van der Waals surface area contributed by atoms with Crippen LogP contribution in [0.3, 0.4) is 0 Å². The van der Waals surface area contributed by atoms with Crippen molar-refractivity contribution in [2.24, 2.45) is 5.14 Å². The van der Waals surface area contributed by atoms with E-state index in [1.54, 1.807) is 12.1 Å². The molecule has 2 aromatic rings. The lowest BCUT2D eigenvalue weighted by Gasteiger charge is -2.02. The Morgan fingerprint density at radius 2 is 1.95 bits per heavy atom. The highest BCUT2D eigenvalue weighted by Crippen LogP contribution is 2.28. The first-order chi connectivity index (χ1) is 8.79. The highest BCUT2D eigenvalue weighted by Gasteiger charge is 2.16. The minimum absolute atomic E-state index is 0.0182. The van der Waals surface area contributed by atoms with Crippen LogP contribution in [-0.2, 0) is 20.8 Å². The summed E-state index contributed by atoms with van der Waals surface area (Å²) in [5.74, 6) is 0. The number of nitrogens with two attached hydrogens (primary N) is 1. The largest absolute Gasteiger partial charge is 0.248 e. The van der Waals surface area contributed by atoms with Crippen LogP contribution in [0.1, 0.15) is 5.56 Å². The van der Waals surface area contributed by atoms with Crippen molar-refractivity contribution in [1.29, 1.82) is 0 Å². The standard InChI is InChI=1S/C11H10BrNO3S3/c1-7-6-8(2-3-9(7)12)18(14)10-4-5-11(17-10)19(13,15)16/h2-6H,1H3,(H2,13,15,16)/t18-/m0/s1. The number of rotatable bonds is 3. The molecule has 4 nitrogen and oxygen atoms in total. The van der Waals surface area contributed by atoms with Gasteiger partial charge in [0.05, 0.1) is 15.0 Å². The molecule has 0 amide bonds. The summed E-state index contributed by atoms with van der Waals surface area (Å²) in [6.45, 7) is 1.90. The summed E-state index contributed by atoms with van der Waals surface area (Å²) in [5, 5.41) is 5.03. The molecule has 102 valence electrons. The highest BCUT2D eigenvalue weighted by molar-refractivity contribution is 9.10. The van der Waals surface area contributed by atoms with E-state index >= 15 is 0 Å². The van der Waals surface area contributed by atoms with Gasteiger partial charge in [-0.3, -0.25) is 0 Å². The molecule has 0 aliphatic carbocycles. The maximum atomic E-state index is 12.3. The first kappa shape index (κ1) is 14.9. The molecule has 0 aliphatic heterocycles. The third-order valence-corrected chi connectivity index (χ3v) is 7.46. The molecule has 2 N–H and O–H groups in total. The van der Waals surface area contributed by atoms with Crippen molar-refractivity contribution in [3.63, 3.8) is 0 Å². The smallest absolute Gasteiger partial charge is 0.247 e. The van der Waals surface area contributed by atoms with Crippen LogP contribution in [0.25, 0.3) is 0 Å². The van der Waals surface area contributed by atoms with E-state index in [1.165, 1.54) is 12.1 Å². The fourth-order valence-corrected chi connectivity index (χ4v) is 5.03. The average Bonchev–Trinajstić information content (AvgIpc) is 2.81. The number of halogens is 1. The Kier molecular flexibility index (Phi) is 4.26. The van der Waals surface area contributed by atoms with Gasteiger partial charge in [0.2, 0.25) is 10.0 Å². The lowest BCUT2D eigenvalue weighted by molar-refractivity contribution is 0.600. The van der Waals surface area contributed by atoms with Gasteiger partial charge in [0.1, 0.15) is 4.21 Å². The van der Waals surface area contributed by atoms with Gasteiger partial charge in [0.25, 0.3) is 0 Å². The number of hydrogen-bond donors (Lipinski definition) is 1. The molecule has 2 rings (SSSR count). The van der Waals surface area contributed by atoms with Gasteiger partial charge in [-0.05, 0) is 42.8 Å². The molecule has 8 heteroatoms. The van der Waals surface area contributed by atoms with Crippen LogP contribution in [-0.4, -0.2) is 12.6 Å². The van der Waals surface area contributed by atoms with Gasteiger partial charge in [-0.15, -0.1) is 11.3 Å². The van der Waals surface area contributed by atoms with Crippen LogP contribution in [0.4, 0.5) is 0 Å². The maximum absolute atomic E-state index is 12.3. The molecular formula is C11H10BrNO3S3. The van der Waals surface area contributed by atoms with Crippen molar-refractivity contribution in [3.05, 3.63) is 40.4 Å². The molecule has 0 spiro atoms. The summed E-state index contributed by atoms with van der Waals surface area (Å²) in [6, 6.07) is 8.26. The maximum Gasteiger partial charge on any atom is 0.247 e. The summed E-state index contributed by atoms with van der Waals surface area (Å²) < 4.78 is 36.1. The van der Waals surface area contributed by atoms with Crippen LogP contribution < -0.4 is 5.14 Å². The van der Waals surface area contributed by atoms with Gasteiger partial charge in [0.15, 0.2) is 0 Å². The lowest BCUT2D eigenvalue weighted by atomic mass is 10.2. The van der Waals surface area contributed by atoms with E-state index in [2.05, 4.69) is 15.9 Å². The summed E-state index contributed by atoms with van der Waals surface area (Å²) in [4.78, 5) is 0.628. The fraction of sp³-hybridized carbons (Fsp3) is 0.0909. The fourth-order valence-electron chi connectivity index (χ4n) is 1.40. The van der Waals surface area contributed by atoms with Gasteiger partial charge in [0, 0.05) is 9.37 Å². The zero-order chi connectivity index (χ0) is 14.2. The SMILES string of the molecule is Cc1cc([S@](=O)c2ccc(S(N)(=O)=O)s2)ccc1Br. The monoisotopic (exact) mass is 379 g/mol. The second kappa shape index (κ2) is 5.45. The lowest BCUT2D eigenvalue weighted by Crippen LogP contribution is -2.09. The minimum atomic E-state index is -3.74. The Balaban J connectivity index is 2.39. The van der Waals surface area contributed by atoms with Crippen LogP contribution in [0, 0.1) is 6.92 Å². The Morgan fingerprint density at radius 1 is 1.26 bits per heavy atom. The third kappa shape index (κ3) is 3.32. The topological polar surface area (TPSA) is 77.2 Å². The van der Waals surface area contributed by atoms with Gasteiger partial charge in [-0.25, -0.2) is 17.8 Å². The molecule has 0 bridgehead atoms. The summed E-state index contributed by atoms with van der Waals surface area (Å²) in [7, 11) is -5.14. The van der Waals surface area contributed by atoms with Crippen molar-refractivity contribution in [1.82, 2.24) is 0 Å². The number of benzene rings is 1. The van der Waals surface area contributed by atoms with E-state index in [-0.39, 0.29) is 4.21 Å². The van der Waals surface area contributed by atoms with Crippen molar-refractivity contribution in [2.45, 2.75) is 20.2 Å². The molecular weight excluding hydrogens is 370 g/mol. The molecule has 0 saturated heterocycles. The van der Waals surface area contributed by atoms with E-state index in [1.807, 2.05) is 13.0 Å². The Hall–Kier alpha value is -0.540. The zero-order valence-corrected chi connectivity index (χ0v) is 13.8. The van der Waals surface area contributed by atoms with Gasteiger partial charge >= 0.3 is 0 Å². The normalized spacial score (nSPS) is 13.4. The second-order valence-corrected chi connectivity index (χ2v) is 9.23. The van der Waals surface area contributed by atoms with E-state index in [4.69, 9.17) is 5.14 Å². The Bertz CT molecular complexity index is 752. The summed E-state index contributed by atoms with van der Waals surface area (Å²) >= 11 is 4.30. The Morgan fingerprint density at radius 3 is 2.47 bits per heavy atom. The van der Waals surface area contributed by atoms with Crippen LogP contribution in [0.15, 0.2) is 48.1 Å². The van der Waals surface area contributed by atoms with Crippen LogP contribution in [0.2, 0.25) is 0 Å². The van der Waals surface area contributed by atoms with Gasteiger partial charge in [-0.1, -0.05) is 15.9 Å². The minimum Gasteiger partial charge on any atom is -0.248 e. The van der Waals surface area contributed by atoms with Gasteiger partial charge in [-0.2, -0.15) is 0 Å². The third-order valence-electron chi connectivity index (χ3n) is 2.36. The van der Waals surface area contributed by atoms with Crippen molar-refractivity contribution in [3.8, 4) is 0 Å². The molecule has 1 aromatic heterocycles. The number of thiophene rings is 1. The zero-order valence-electron chi connectivity index (χ0n) is 9.79. The molecule has 0 fully saturated rings. The van der Waals surface area contributed by atoms with Crippen molar-refractivity contribution >= 4 is 48.1 Å². The van der Waals surface area contributed by atoms with Crippen LogP contribution in [0.5, 0.6) is 0 Å². The number of hydrogen-bond acceptors (Lipinski definition) is 4. The first-order valence-electron chi connectivity index (χ1n) is 5.09. The molecule has 0 radical (unpaired) electrons. The predicted octanol–water partition coefficient (Wildman–Crippen LogP) is 2.63. The summed E-state index contributed by atoms with van der Waals surface area (Å²) in [5.41, 5.74) is 0.967. The molecule has 1 atom stereocenters. The average molecular weight is 380 g/mol. The molecule has 1 heterocycles. The molecule has 19 heavy (non-hydrogen) atoms. The quantitative estimate of drug-likeness (QED) is 0.889. The number of sulfonamides is 1. The van der Waals surface area contributed by atoms with Gasteiger partial charge < -0.3 is 0 Å². The molecule has 0 saturated carbocycles. The molecule has 0 aliphatic rings. The summed E-state index contributed by atoms with van der Waals surface area (Å²) in [6.07, 6.45) is 0. The molecule has 0 unspecified atom stereocenters. The Labute approximate surface area is 126 Å². The van der Waals surface area contributed by atoms with E-state index in [0.717, 1.165) is 21.4 Å². The second-order valence-electron chi connectivity index (χ2n) is 3.80. The number of aryl methyl sites for hydroxylation is 1. The molecule has 1 aromatic carbocycles. The predicted molar refractivity (Wildman–Crippen MR) is 79.2 cm³/mol. The first-order valence-corrected chi connectivity index (χ1v) is 9.40. The highest BCUT2D eigenvalue weighted by atomic mass is 79.9. The van der Waals surface area contributed by atoms with E-state index < -0.39 is 20.8 Å². The van der Waals surface area contributed by atoms with Crippen molar-refractivity contribution < 1.29 is 12.6 Å². The van der Waals surface area contributed by atoms with E-state index in [0.29, 0.717) is 9.10 Å². The van der Waals surface area contributed by atoms with E-state index in [9.17, 15) is 12.6 Å². The van der Waals surface area contributed by atoms with Crippen molar-refractivity contribution in [2.75, 3.05) is 0 Å².